The van der Waals surface area contributed by atoms with Gasteiger partial charge in [0.05, 0.1) is 17.5 Å². The number of nitro groups is 1. The van der Waals surface area contributed by atoms with E-state index in [1.54, 1.807) is 12.1 Å². The first kappa shape index (κ1) is 10.9. The van der Waals surface area contributed by atoms with Gasteiger partial charge in [-0.25, -0.2) is 4.98 Å². The van der Waals surface area contributed by atoms with E-state index in [4.69, 9.17) is 0 Å². The van der Waals surface area contributed by atoms with E-state index in [-0.39, 0.29) is 10.6 Å². The van der Waals surface area contributed by atoms with Gasteiger partial charge in [-0.15, -0.1) is 0 Å². The second kappa shape index (κ2) is 4.47. The van der Waals surface area contributed by atoms with Crippen molar-refractivity contribution in [1.82, 2.24) is 0 Å². The highest BCUT2D eigenvalue weighted by Crippen LogP contribution is 2.21. The van der Waals surface area contributed by atoms with Crippen molar-refractivity contribution >= 4 is 11.5 Å². The number of H-pyrrole nitrogens is 1. The molecule has 1 aliphatic heterocycles. The zero-order chi connectivity index (χ0) is 11.5. The first-order valence-corrected chi connectivity index (χ1v) is 5.61. The van der Waals surface area contributed by atoms with Gasteiger partial charge >= 0.3 is 5.69 Å². The van der Waals surface area contributed by atoms with Crippen molar-refractivity contribution < 1.29 is 9.91 Å². The van der Waals surface area contributed by atoms with Crippen LogP contribution in [0.3, 0.4) is 0 Å². The van der Waals surface area contributed by atoms with E-state index >= 15 is 0 Å². The Labute approximate surface area is 94.2 Å². The van der Waals surface area contributed by atoms with Crippen LogP contribution in [0, 0.1) is 10.1 Å². The topological polar surface area (TPSA) is 60.5 Å². The minimum Gasteiger partial charge on any atom is -0.259 e. The molecule has 2 heterocycles. The Morgan fingerprint density at radius 2 is 2.31 bits per heavy atom. The normalized spacial score (nSPS) is 20.8. The van der Waals surface area contributed by atoms with Gasteiger partial charge in [0.2, 0.25) is 0 Å². The molecular formula is C11H16N3O2+. The van der Waals surface area contributed by atoms with Crippen molar-refractivity contribution in [2.24, 2.45) is 0 Å². The molecule has 1 aliphatic rings. The molecule has 5 nitrogen and oxygen atoms in total. The fourth-order valence-electron chi connectivity index (χ4n) is 2.16. The van der Waals surface area contributed by atoms with Gasteiger partial charge in [-0.3, -0.25) is 15.0 Å². The molecule has 0 saturated carbocycles. The predicted octanol–water partition coefficient (Wildman–Crippen LogP) is 1.79. The SMILES string of the molecule is C[C@H]1CCCCN1c1ccc([N+](=O)[O-])c[nH+]1. The number of anilines is 1. The van der Waals surface area contributed by atoms with E-state index < -0.39 is 0 Å². The number of nitrogens with zero attached hydrogens (tertiary/aromatic N) is 2. The summed E-state index contributed by atoms with van der Waals surface area (Å²) in [4.78, 5) is 15.4. The molecule has 1 aromatic rings. The number of pyridine rings is 1. The molecule has 0 spiro atoms. The Morgan fingerprint density at radius 1 is 1.50 bits per heavy atom. The molecule has 1 N–H and O–H groups in total. The van der Waals surface area contributed by atoms with Crippen LogP contribution >= 0.6 is 0 Å². The summed E-state index contributed by atoms with van der Waals surface area (Å²) in [5, 5.41) is 10.5. The maximum atomic E-state index is 10.5. The third-order valence-corrected chi connectivity index (χ3v) is 3.10. The third kappa shape index (κ3) is 2.13. The molecule has 0 unspecified atom stereocenters. The van der Waals surface area contributed by atoms with Gasteiger partial charge in [0.25, 0.3) is 5.82 Å². The third-order valence-electron chi connectivity index (χ3n) is 3.10. The Bertz CT molecular complexity index is 377. The van der Waals surface area contributed by atoms with Crippen LogP contribution in [0.1, 0.15) is 26.2 Å². The van der Waals surface area contributed by atoms with Crippen LogP contribution in [0.4, 0.5) is 11.5 Å². The standard InChI is InChI=1S/C11H15N3O2/c1-9-4-2-3-7-13(9)11-6-5-10(8-12-11)14(15)16/h5-6,8-9H,2-4,7H2,1H3/p+1/t9-/m0/s1. The Morgan fingerprint density at radius 3 is 2.88 bits per heavy atom. The van der Waals surface area contributed by atoms with Gasteiger partial charge in [-0.2, -0.15) is 0 Å². The van der Waals surface area contributed by atoms with Crippen LogP contribution in [0.5, 0.6) is 0 Å². The van der Waals surface area contributed by atoms with Crippen LogP contribution in [0.15, 0.2) is 18.3 Å². The molecule has 2 rings (SSSR count). The minimum atomic E-state index is -0.389. The number of hydrogen-bond donors (Lipinski definition) is 0. The van der Waals surface area contributed by atoms with E-state index in [0.717, 1.165) is 12.4 Å². The van der Waals surface area contributed by atoms with Gasteiger partial charge in [0, 0.05) is 12.1 Å². The minimum absolute atomic E-state index is 0.105. The molecule has 86 valence electrons. The maximum absolute atomic E-state index is 10.5. The Hall–Kier alpha value is -1.65. The first-order chi connectivity index (χ1) is 7.68. The molecule has 1 aromatic heterocycles. The van der Waals surface area contributed by atoms with Crippen LogP contribution in [-0.4, -0.2) is 17.5 Å². The van der Waals surface area contributed by atoms with Crippen molar-refractivity contribution in [3.63, 3.8) is 0 Å². The summed E-state index contributed by atoms with van der Waals surface area (Å²) in [6.07, 6.45) is 5.10. The van der Waals surface area contributed by atoms with Crippen LogP contribution in [0.2, 0.25) is 0 Å². The van der Waals surface area contributed by atoms with Gasteiger partial charge in [-0.05, 0) is 26.2 Å². The zero-order valence-electron chi connectivity index (χ0n) is 9.35. The van der Waals surface area contributed by atoms with E-state index in [0.29, 0.717) is 6.04 Å². The highest BCUT2D eigenvalue weighted by molar-refractivity contribution is 5.38. The quantitative estimate of drug-likeness (QED) is 0.566. The maximum Gasteiger partial charge on any atom is 0.308 e. The fraction of sp³-hybridized carbons (Fsp3) is 0.545. The molecular weight excluding hydrogens is 206 g/mol. The number of aromatic nitrogens is 1. The smallest absolute Gasteiger partial charge is 0.259 e. The number of piperidine rings is 1. The van der Waals surface area contributed by atoms with E-state index in [1.165, 1.54) is 25.5 Å². The number of aromatic amines is 1. The summed E-state index contributed by atoms with van der Waals surface area (Å²) >= 11 is 0. The number of rotatable bonds is 2. The molecule has 1 fully saturated rings. The molecule has 0 amide bonds. The summed E-state index contributed by atoms with van der Waals surface area (Å²) in [5.41, 5.74) is 0.105. The lowest BCUT2D eigenvalue weighted by molar-refractivity contribution is -0.414. The molecule has 0 bridgehead atoms. The first-order valence-electron chi connectivity index (χ1n) is 5.61. The van der Waals surface area contributed by atoms with Crippen molar-refractivity contribution in [1.29, 1.82) is 0 Å². The van der Waals surface area contributed by atoms with E-state index in [9.17, 15) is 10.1 Å². The van der Waals surface area contributed by atoms with Crippen LogP contribution < -0.4 is 9.88 Å². The second-order valence-corrected chi connectivity index (χ2v) is 4.23. The molecule has 0 radical (unpaired) electrons. The molecule has 0 aliphatic carbocycles. The summed E-state index contributed by atoms with van der Waals surface area (Å²) in [5.74, 6) is 0.970. The van der Waals surface area contributed by atoms with Crippen LogP contribution in [-0.2, 0) is 0 Å². The largest absolute Gasteiger partial charge is 0.308 e. The number of nitrogens with one attached hydrogen (secondary N) is 1. The lowest BCUT2D eigenvalue weighted by atomic mass is 10.0. The van der Waals surface area contributed by atoms with Gasteiger partial charge in [0.15, 0.2) is 6.20 Å². The summed E-state index contributed by atoms with van der Waals surface area (Å²) in [6, 6.07) is 3.85. The van der Waals surface area contributed by atoms with Gasteiger partial charge in [-0.1, -0.05) is 0 Å². The lowest BCUT2D eigenvalue weighted by Crippen LogP contribution is -2.40. The average molecular weight is 222 g/mol. The molecule has 1 saturated heterocycles. The number of hydrogen-bond acceptors (Lipinski definition) is 3. The second-order valence-electron chi connectivity index (χ2n) is 4.23. The molecule has 0 aromatic carbocycles. The molecule has 16 heavy (non-hydrogen) atoms. The average Bonchev–Trinajstić information content (AvgIpc) is 2.30. The van der Waals surface area contributed by atoms with E-state index in [2.05, 4.69) is 16.8 Å². The molecule has 1 atom stereocenters. The van der Waals surface area contributed by atoms with Crippen molar-refractivity contribution in [2.45, 2.75) is 32.2 Å². The fourth-order valence-corrected chi connectivity index (χ4v) is 2.16. The van der Waals surface area contributed by atoms with Crippen molar-refractivity contribution in [2.75, 3.05) is 11.4 Å². The lowest BCUT2D eigenvalue weighted by Gasteiger charge is -2.27. The summed E-state index contributed by atoms with van der Waals surface area (Å²) < 4.78 is 0. The highest BCUT2D eigenvalue weighted by atomic mass is 16.6. The van der Waals surface area contributed by atoms with E-state index in [1.807, 2.05) is 0 Å². The molecule has 5 heteroatoms. The highest BCUT2D eigenvalue weighted by Gasteiger charge is 2.26. The Kier molecular flexibility index (Phi) is 3.03. The zero-order valence-corrected chi connectivity index (χ0v) is 9.35. The van der Waals surface area contributed by atoms with Crippen molar-refractivity contribution in [3.05, 3.63) is 28.4 Å². The summed E-state index contributed by atoms with van der Waals surface area (Å²) in [7, 11) is 0. The van der Waals surface area contributed by atoms with Gasteiger partial charge in [0.1, 0.15) is 0 Å². The van der Waals surface area contributed by atoms with Gasteiger partial charge < -0.3 is 0 Å². The monoisotopic (exact) mass is 222 g/mol. The Balaban J connectivity index is 2.17. The van der Waals surface area contributed by atoms with Crippen LogP contribution in [0.25, 0.3) is 0 Å². The summed E-state index contributed by atoms with van der Waals surface area (Å²) in [6.45, 7) is 3.21. The predicted molar refractivity (Wildman–Crippen MR) is 60.3 cm³/mol. The van der Waals surface area contributed by atoms with Crippen molar-refractivity contribution in [3.8, 4) is 0 Å².